The molecule has 4 heteroatoms. The van der Waals surface area contributed by atoms with Crippen LogP contribution >= 0.6 is 0 Å². The summed E-state index contributed by atoms with van der Waals surface area (Å²) in [4.78, 5) is 12.3. The van der Waals surface area contributed by atoms with Gasteiger partial charge in [0.25, 0.3) is 0 Å². The van der Waals surface area contributed by atoms with Crippen LogP contribution in [-0.4, -0.2) is 18.5 Å². The number of anilines is 1. The number of piperidine rings is 1. The largest absolute Gasteiger partial charge is 0.325 e. The topological polar surface area (TPSA) is 53.2 Å². The van der Waals surface area contributed by atoms with Gasteiger partial charge in [-0.25, -0.2) is 0 Å². The minimum atomic E-state index is 0.0898. The highest BCUT2D eigenvalue weighted by molar-refractivity contribution is 6.03. The summed E-state index contributed by atoms with van der Waals surface area (Å²) >= 11 is 0. The smallest absolute Gasteiger partial charge is 0.232 e. The van der Waals surface area contributed by atoms with E-state index in [1.165, 1.54) is 42.4 Å². The van der Waals surface area contributed by atoms with Gasteiger partial charge in [-0.3, -0.25) is 4.79 Å². The predicted molar refractivity (Wildman–Crippen MR) is 108 cm³/mol. The van der Waals surface area contributed by atoms with Crippen LogP contribution in [0.1, 0.15) is 54.3 Å². The second-order valence-corrected chi connectivity index (χ2v) is 8.20. The van der Waals surface area contributed by atoms with Crippen molar-refractivity contribution in [1.29, 1.82) is 0 Å². The molecule has 2 heterocycles. The Labute approximate surface area is 160 Å². The van der Waals surface area contributed by atoms with Crippen molar-refractivity contribution in [2.75, 3.05) is 11.9 Å². The van der Waals surface area contributed by atoms with Crippen LogP contribution in [0.4, 0.5) is 5.69 Å². The minimum Gasteiger partial charge on any atom is -0.325 e. The normalized spacial score (nSPS) is 27.3. The Morgan fingerprint density at radius 1 is 1.04 bits per heavy atom. The molecule has 0 aromatic heterocycles. The summed E-state index contributed by atoms with van der Waals surface area (Å²) in [7, 11) is 0. The summed E-state index contributed by atoms with van der Waals surface area (Å²) in [6.07, 6.45) is 4.76. The molecule has 1 saturated carbocycles. The number of hydrogen-bond donors (Lipinski definition) is 3. The number of nitrogens with one attached hydrogen (secondary N) is 3. The zero-order valence-corrected chi connectivity index (χ0v) is 15.6. The lowest BCUT2D eigenvalue weighted by Gasteiger charge is -2.34. The van der Waals surface area contributed by atoms with E-state index >= 15 is 0 Å². The SMILES string of the molecule is O=C1Nc2cc(CNC3CCCNC3c3ccccc3)ccc2C1C1CC1. The van der Waals surface area contributed by atoms with Gasteiger partial charge in [0.2, 0.25) is 5.91 Å². The Hall–Kier alpha value is -2.17. The zero-order valence-electron chi connectivity index (χ0n) is 15.6. The molecule has 1 amide bonds. The molecule has 2 aromatic rings. The number of carbonyl (C=O) groups is 1. The molecule has 27 heavy (non-hydrogen) atoms. The molecular weight excluding hydrogens is 334 g/mol. The monoisotopic (exact) mass is 361 g/mol. The molecule has 3 N–H and O–H groups in total. The van der Waals surface area contributed by atoms with Gasteiger partial charge in [0.1, 0.15) is 0 Å². The van der Waals surface area contributed by atoms with Crippen LogP contribution < -0.4 is 16.0 Å². The van der Waals surface area contributed by atoms with Crippen LogP contribution in [0.25, 0.3) is 0 Å². The van der Waals surface area contributed by atoms with Gasteiger partial charge in [-0.2, -0.15) is 0 Å². The average molecular weight is 361 g/mol. The maximum absolute atomic E-state index is 12.3. The molecule has 1 saturated heterocycles. The van der Waals surface area contributed by atoms with Crippen molar-refractivity contribution in [3.63, 3.8) is 0 Å². The molecule has 1 aliphatic carbocycles. The standard InChI is InChI=1S/C23H27N3O/c27-23-21(16-9-10-16)18-11-8-15(13-20(18)26-23)14-25-19-7-4-12-24-22(19)17-5-2-1-3-6-17/h1-3,5-6,8,11,13,16,19,21-22,24-25H,4,7,9-10,12,14H2,(H,26,27). The lowest BCUT2D eigenvalue weighted by molar-refractivity contribution is -0.117. The van der Waals surface area contributed by atoms with Gasteiger partial charge < -0.3 is 16.0 Å². The van der Waals surface area contributed by atoms with E-state index in [1.807, 2.05) is 0 Å². The van der Waals surface area contributed by atoms with Gasteiger partial charge in [-0.15, -0.1) is 0 Å². The first-order chi connectivity index (χ1) is 13.3. The summed E-state index contributed by atoms with van der Waals surface area (Å²) < 4.78 is 0. The molecule has 3 unspecified atom stereocenters. The fourth-order valence-electron chi connectivity index (χ4n) is 4.71. The number of carbonyl (C=O) groups excluding carboxylic acids is 1. The van der Waals surface area contributed by atoms with Gasteiger partial charge >= 0.3 is 0 Å². The van der Waals surface area contributed by atoms with E-state index in [4.69, 9.17) is 0 Å². The van der Waals surface area contributed by atoms with Crippen LogP contribution in [-0.2, 0) is 11.3 Å². The molecule has 140 valence electrons. The first-order valence-corrected chi connectivity index (χ1v) is 10.2. The average Bonchev–Trinajstić information content (AvgIpc) is 3.49. The molecule has 0 spiro atoms. The lowest BCUT2D eigenvalue weighted by Crippen LogP contribution is -2.45. The zero-order chi connectivity index (χ0) is 18.2. The highest BCUT2D eigenvalue weighted by atomic mass is 16.2. The maximum Gasteiger partial charge on any atom is 0.232 e. The fraction of sp³-hybridized carbons (Fsp3) is 0.435. The van der Waals surface area contributed by atoms with Crippen molar-refractivity contribution in [1.82, 2.24) is 10.6 Å². The van der Waals surface area contributed by atoms with E-state index in [9.17, 15) is 4.79 Å². The summed E-state index contributed by atoms with van der Waals surface area (Å²) in [6, 6.07) is 18.0. The third-order valence-corrected chi connectivity index (χ3v) is 6.27. The maximum atomic E-state index is 12.3. The van der Waals surface area contributed by atoms with E-state index in [2.05, 4.69) is 64.5 Å². The molecule has 2 aromatic carbocycles. The molecule has 0 bridgehead atoms. The Morgan fingerprint density at radius 2 is 1.89 bits per heavy atom. The minimum absolute atomic E-state index is 0.0898. The van der Waals surface area contributed by atoms with Crippen molar-refractivity contribution < 1.29 is 4.79 Å². The van der Waals surface area contributed by atoms with Crippen LogP contribution in [0.2, 0.25) is 0 Å². The second-order valence-electron chi connectivity index (χ2n) is 8.20. The summed E-state index contributed by atoms with van der Waals surface area (Å²) in [5.74, 6) is 0.848. The third kappa shape index (κ3) is 3.40. The molecule has 3 aliphatic rings. The van der Waals surface area contributed by atoms with Gasteiger partial charge in [0, 0.05) is 24.3 Å². The van der Waals surface area contributed by atoms with Gasteiger partial charge in [0.15, 0.2) is 0 Å². The summed E-state index contributed by atoms with van der Waals surface area (Å²) in [5.41, 5.74) is 4.82. The Bertz CT molecular complexity index is 831. The third-order valence-electron chi connectivity index (χ3n) is 6.27. The molecular formula is C23H27N3O. The van der Waals surface area contributed by atoms with E-state index in [0.29, 0.717) is 18.0 Å². The first kappa shape index (κ1) is 17.0. The van der Waals surface area contributed by atoms with Crippen molar-refractivity contribution in [2.45, 2.75) is 50.2 Å². The number of hydrogen-bond acceptors (Lipinski definition) is 3. The van der Waals surface area contributed by atoms with Crippen molar-refractivity contribution >= 4 is 11.6 Å². The molecule has 2 aliphatic heterocycles. The number of rotatable bonds is 5. The predicted octanol–water partition coefficient (Wildman–Crippen LogP) is 3.72. The molecule has 4 nitrogen and oxygen atoms in total. The molecule has 3 atom stereocenters. The van der Waals surface area contributed by atoms with Crippen molar-refractivity contribution in [3.8, 4) is 0 Å². The van der Waals surface area contributed by atoms with Gasteiger partial charge in [-0.05, 0) is 60.9 Å². The van der Waals surface area contributed by atoms with E-state index in [-0.39, 0.29) is 11.8 Å². The Kier molecular flexibility index (Phi) is 4.46. The van der Waals surface area contributed by atoms with E-state index in [1.54, 1.807) is 0 Å². The van der Waals surface area contributed by atoms with Gasteiger partial charge in [-0.1, -0.05) is 42.5 Å². The van der Waals surface area contributed by atoms with E-state index < -0.39 is 0 Å². The second kappa shape index (κ2) is 7.10. The van der Waals surface area contributed by atoms with Crippen LogP contribution in [0.3, 0.4) is 0 Å². The van der Waals surface area contributed by atoms with Crippen molar-refractivity contribution in [2.24, 2.45) is 5.92 Å². The van der Waals surface area contributed by atoms with Crippen LogP contribution in [0.15, 0.2) is 48.5 Å². The lowest BCUT2D eigenvalue weighted by atomic mass is 9.92. The fourth-order valence-corrected chi connectivity index (χ4v) is 4.71. The highest BCUT2D eigenvalue weighted by Crippen LogP contribution is 2.48. The number of benzene rings is 2. The quantitative estimate of drug-likeness (QED) is 0.761. The van der Waals surface area contributed by atoms with Crippen LogP contribution in [0.5, 0.6) is 0 Å². The highest BCUT2D eigenvalue weighted by Gasteiger charge is 2.42. The van der Waals surface area contributed by atoms with Crippen molar-refractivity contribution in [3.05, 3.63) is 65.2 Å². The Morgan fingerprint density at radius 3 is 2.70 bits per heavy atom. The number of fused-ring (bicyclic) bond motifs is 1. The summed E-state index contributed by atoms with van der Waals surface area (Å²) in [6.45, 7) is 1.90. The Balaban J connectivity index is 1.28. The van der Waals surface area contributed by atoms with Crippen LogP contribution in [0, 0.1) is 5.92 Å². The molecule has 5 rings (SSSR count). The summed E-state index contributed by atoms with van der Waals surface area (Å²) in [5, 5.41) is 10.5. The van der Waals surface area contributed by atoms with Gasteiger partial charge in [0.05, 0.1) is 5.92 Å². The van der Waals surface area contributed by atoms with E-state index in [0.717, 1.165) is 18.8 Å². The molecule has 0 radical (unpaired) electrons. The first-order valence-electron chi connectivity index (χ1n) is 10.2. The molecule has 2 fully saturated rings. The number of amides is 1.